The summed E-state index contributed by atoms with van der Waals surface area (Å²) in [4.78, 5) is 23.7. The summed E-state index contributed by atoms with van der Waals surface area (Å²) in [6, 6.07) is 6.60. The van der Waals surface area contributed by atoms with Crippen LogP contribution in [0.2, 0.25) is 0 Å². The fourth-order valence-corrected chi connectivity index (χ4v) is 2.98. The van der Waals surface area contributed by atoms with Crippen LogP contribution in [0.3, 0.4) is 0 Å². The van der Waals surface area contributed by atoms with E-state index in [1.807, 2.05) is 19.9 Å². The van der Waals surface area contributed by atoms with E-state index in [4.69, 9.17) is 0 Å². The minimum Gasteiger partial charge on any atom is -0.339 e. The van der Waals surface area contributed by atoms with Crippen LogP contribution < -0.4 is 10.9 Å². The van der Waals surface area contributed by atoms with Crippen molar-refractivity contribution < 1.29 is 8.42 Å². The Morgan fingerprint density at radius 1 is 1.20 bits per heavy atom. The highest BCUT2D eigenvalue weighted by Gasteiger charge is 2.13. The molecule has 0 radical (unpaired) electrons. The Morgan fingerprint density at radius 3 is 2.56 bits per heavy atom. The van der Waals surface area contributed by atoms with Gasteiger partial charge in [-0.2, -0.15) is 0 Å². The predicted octanol–water partition coefficient (Wildman–Crippen LogP) is 2.59. The summed E-state index contributed by atoms with van der Waals surface area (Å²) in [6.45, 7) is 4.04. The van der Waals surface area contributed by atoms with Crippen LogP contribution in [0.4, 0.5) is 11.5 Å². The summed E-state index contributed by atoms with van der Waals surface area (Å²) >= 11 is 0. The molecule has 0 aromatic carbocycles. The number of aromatic amines is 1. The zero-order chi connectivity index (χ0) is 18.2. The van der Waals surface area contributed by atoms with Crippen LogP contribution in [-0.4, -0.2) is 29.6 Å². The first kappa shape index (κ1) is 17.1. The minimum absolute atomic E-state index is 0.137. The highest BCUT2D eigenvalue weighted by atomic mass is 32.2. The van der Waals surface area contributed by atoms with E-state index in [2.05, 4.69) is 20.3 Å². The lowest BCUT2D eigenvalue weighted by molar-refractivity contribution is 0.601. The lowest BCUT2D eigenvalue weighted by atomic mass is 10.1. The van der Waals surface area contributed by atoms with Gasteiger partial charge < -0.3 is 10.3 Å². The van der Waals surface area contributed by atoms with Gasteiger partial charge >= 0.3 is 0 Å². The first-order chi connectivity index (χ1) is 11.8. The van der Waals surface area contributed by atoms with E-state index in [-0.39, 0.29) is 16.4 Å². The maximum atomic E-state index is 12.2. The molecule has 0 saturated carbocycles. The Labute approximate surface area is 145 Å². The Balaban J connectivity index is 2.10. The third-order valence-corrected chi connectivity index (χ3v) is 4.87. The molecule has 3 rings (SSSR count). The maximum Gasteiger partial charge on any atom is 0.259 e. The van der Waals surface area contributed by atoms with Gasteiger partial charge in [0.05, 0.1) is 21.5 Å². The van der Waals surface area contributed by atoms with Gasteiger partial charge in [-0.1, -0.05) is 13.8 Å². The number of fused-ring (bicyclic) bond motifs is 1. The van der Waals surface area contributed by atoms with Gasteiger partial charge in [0.25, 0.3) is 5.56 Å². The number of H-pyrrole nitrogens is 1. The molecule has 3 aromatic heterocycles. The monoisotopic (exact) mass is 358 g/mol. The molecule has 130 valence electrons. The smallest absolute Gasteiger partial charge is 0.259 e. The molecule has 0 fully saturated rings. The van der Waals surface area contributed by atoms with Crippen molar-refractivity contribution in [2.45, 2.75) is 24.7 Å². The van der Waals surface area contributed by atoms with Crippen molar-refractivity contribution >= 4 is 32.2 Å². The van der Waals surface area contributed by atoms with Gasteiger partial charge in [-0.25, -0.2) is 13.4 Å². The number of rotatable bonds is 4. The molecule has 0 aliphatic heterocycles. The molecular weight excluding hydrogens is 340 g/mol. The van der Waals surface area contributed by atoms with Crippen molar-refractivity contribution in [1.29, 1.82) is 0 Å². The van der Waals surface area contributed by atoms with E-state index >= 15 is 0 Å². The molecule has 3 aromatic rings. The number of sulfone groups is 1. The van der Waals surface area contributed by atoms with Crippen molar-refractivity contribution in [3.63, 3.8) is 0 Å². The molecule has 7 nitrogen and oxygen atoms in total. The standard InChI is InChI=1S/C17H18N4O3S/c1-10(2)13-8-14(16-12(20-13)6-7-18-17(16)22)21-15-5-4-11(9-19-15)25(3,23)24/h4-10H,1-3H3,(H,18,22)(H,19,20,21). The average Bonchev–Trinajstić information content (AvgIpc) is 2.54. The highest BCUT2D eigenvalue weighted by molar-refractivity contribution is 7.90. The first-order valence-corrected chi connectivity index (χ1v) is 9.60. The second kappa shape index (κ2) is 6.29. The van der Waals surface area contributed by atoms with E-state index in [0.717, 1.165) is 11.9 Å². The van der Waals surface area contributed by atoms with Crippen LogP contribution in [-0.2, 0) is 9.84 Å². The third-order valence-electron chi connectivity index (χ3n) is 3.77. The van der Waals surface area contributed by atoms with E-state index in [9.17, 15) is 13.2 Å². The summed E-state index contributed by atoms with van der Waals surface area (Å²) in [5.41, 5.74) is 1.75. The van der Waals surface area contributed by atoms with Gasteiger partial charge in [-0.05, 0) is 30.2 Å². The van der Waals surface area contributed by atoms with E-state index in [0.29, 0.717) is 22.4 Å². The lowest BCUT2D eigenvalue weighted by Gasteiger charge is -2.12. The molecule has 25 heavy (non-hydrogen) atoms. The highest BCUT2D eigenvalue weighted by Crippen LogP contribution is 2.26. The lowest BCUT2D eigenvalue weighted by Crippen LogP contribution is -2.10. The van der Waals surface area contributed by atoms with Gasteiger partial charge in [-0.15, -0.1) is 0 Å². The van der Waals surface area contributed by atoms with E-state index in [1.165, 1.54) is 12.3 Å². The zero-order valence-corrected chi connectivity index (χ0v) is 14.9. The van der Waals surface area contributed by atoms with E-state index in [1.54, 1.807) is 18.3 Å². The normalized spacial score (nSPS) is 11.8. The topological polar surface area (TPSA) is 105 Å². The fourth-order valence-electron chi connectivity index (χ4n) is 2.42. The van der Waals surface area contributed by atoms with Crippen molar-refractivity contribution in [2.75, 3.05) is 11.6 Å². The number of nitrogens with one attached hydrogen (secondary N) is 2. The number of aromatic nitrogens is 3. The maximum absolute atomic E-state index is 12.2. The predicted molar refractivity (Wildman–Crippen MR) is 97.1 cm³/mol. The Bertz CT molecular complexity index is 1090. The Hall–Kier alpha value is -2.74. The molecule has 0 aliphatic rings. The SMILES string of the molecule is CC(C)c1cc(Nc2ccc(S(C)(=O)=O)cn2)c2c(=O)[nH]ccc2n1. The molecule has 0 bridgehead atoms. The fraction of sp³-hybridized carbons (Fsp3) is 0.235. The van der Waals surface area contributed by atoms with Gasteiger partial charge in [0, 0.05) is 24.3 Å². The Morgan fingerprint density at radius 2 is 1.96 bits per heavy atom. The summed E-state index contributed by atoms with van der Waals surface area (Å²) in [5, 5.41) is 3.53. The van der Waals surface area contributed by atoms with Gasteiger partial charge in [0.1, 0.15) is 5.82 Å². The average molecular weight is 358 g/mol. The molecule has 0 amide bonds. The number of nitrogens with zero attached hydrogens (tertiary/aromatic N) is 2. The molecule has 0 unspecified atom stereocenters. The summed E-state index contributed by atoms with van der Waals surface area (Å²) in [5.74, 6) is 0.627. The molecule has 0 atom stereocenters. The summed E-state index contributed by atoms with van der Waals surface area (Å²) < 4.78 is 23.1. The van der Waals surface area contributed by atoms with E-state index < -0.39 is 9.84 Å². The number of hydrogen-bond donors (Lipinski definition) is 2. The largest absolute Gasteiger partial charge is 0.339 e. The molecule has 2 N–H and O–H groups in total. The van der Waals surface area contributed by atoms with Crippen LogP contribution in [0.25, 0.3) is 10.9 Å². The first-order valence-electron chi connectivity index (χ1n) is 7.71. The molecule has 0 saturated heterocycles. The van der Waals surface area contributed by atoms with Crippen LogP contribution in [0.15, 0.2) is 46.3 Å². The van der Waals surface area contributed by atoms with Crippen molar-refractivity contribution in [2.24, 2.45) is 0 Å². The number of anilines is 2. The van der Waals surface area contributed by atoms with Crippen LogP contribution >= 0.6 is 0 Å². The second-order valence-corrected chi connectivity index (χ2v) is 8.11. The van der Waals surface area contributed by atoms with Crippen LogP contribution in [0.1, 0.15) is 25.5 Å². The second-order valence-electron chi connectivity index (χ2n) is 6.09. The molecule has 8 heteroatoms. The quantitative estimate of drug-likeness (QED) is 0.743. The van der Waals surface area contributed by atoms with Crippen molar-refractivity contribution in [3.05, 3.63) is 52.7 Å². The van der Waals surface area contributed by atoms with Crippen LogP contribution in [0.5, 0.6) is 0 Å². The van der Waals surface area contributed by atoms with Crippen molar-refractivity contribution in [3.8, 4) is 0 Å². The number of pyridine rings is 3. The molecule has 0 aliphatic carbocycles. The van der Waals surface area contributed by atoms with Gasteiger partial charge in [-0.3, -0.25) is 9.78 Å². The van der Waals surface area contributed by atoms with Crippen molar-refractivity contribution in [1.82, 2.24) is 15.0 Å². The summed E-state index contributed by atoms with van der Waals surface area (Å²) in [6.07, 6.45) is 3.97. The molecule has 3 heterocycles. The van der Waals surface area contributed by atoms with Gasteiger partial charge in [0.15, 0.2) is 9.84 Å². The Kier molecular flexibility index (Phi) is 4.30. The summed E-state index contributed by atoms with van der Waals surface area (Å²) in [7, 11) is -3.31. The minimum atomic E-state index is -3.31. The van der Waals surface area contributed by atoms with Crippen LogP contribution in [0, 0.1) is 0 Å². The zero-order valence-electron chi connectivity index (χ0n) is 14.1. The number of hydrogen-bond acceptors (Lipinski definition) is 6. The molecular formula is C17H18N4O3S. The molecule has 0 spiro atoms. The van der Waals surface area contributed by atoms with Gasteiger partial charge in [0.2, 0.25) is 0 Å². The third kappa shape index (κ3) is 3.53.